The van der Waals surface area contributed by atoms with Crippen molar-refractivity contribution in [3.63, 3.8) is 0 Å². The highest BCUT2D eigenvalue weighted by Crippen LogP contribution is 2.37. The molecule has 1 unspecified atom stereocenters. The van der Waals surface area contributed by atoms with Crippen LogP contribution in [0.25, 0.3) is 22.2 Å². The fourth-order valence-corrected chi connectivity index (χ4v) is 6.62. The van der Waals surface area contributed by atoms with Crippen molar-refractivity contribution in [2.75, 3.05) is 13.2 Å². The SMILES string of the molecule is Cc1ccc(S(=O)(=O)n2c(-c3cnn(C4COC4)c3)cc3c(C(C)c4cccc(F)c4F)cn(C)c(=O)c32)cc1. The number of aryl methyl sites for hydroxylation is 2. The van der Waals surface area contributed by atoms with Crippen LogP contribution in [0, 0.1) is 18.6 Å². The second-order valence-corrected chi connectivity index (χ2v) is 11.9. The van der Waals surface area contributed by atoms with Gasteiger partial charge in [-0.15, -0.1) is 0 Å². The lowest BCUT2D eigenvalue weighted by molar-refractivity contribution is -0.0286. The van der Waals surface area contributed by atoms with Crippen molar-refractivity contribution in [3.05, 3.63) is 106 Å². The van der Waals surface area contributed by atoms with E-state index < -0.39 is 33.1 Å². The molecule has 1 atom stereocenters. The third kappa shape index (κ3) is 4.08. The molecule has 0 radical (unpaired) electrons. The van der Waals surface area contributed by atoms with Gasteiger partial charge in [0.25, 0.3) is 15.6 Å². The predicted molar refractivity (Wildman–Crippen MR) is 146 cm³/mol. The lowest BCUT2D eigenvalue weighted by atomic mass is 9.91. The van der Waals surface area contributed by atoms with Crippen molar-refractivity contribution in [3.8, 4) is 11.3 Å². The van der Waals surface area contributed by atoms with Gasteiger partial charge in [0.15, 0.2) is 11.6 Å². The third-order valence-corrected chi connectivity index (χ3v) is 9.22. The molecule has 11 heteroatoms. The number of hydrogen-bond donors (Lipinski definition) is 0. The molecule has 1 aliphatic heterocycles. The summed E-state index contributed by atoms with van der Waals surface area (Å²) in [5, 5.41) is 4.74. The summed E-state index contributed by atoms with van der Waals surface area (Å²) >= 11 is 0. The fraction of sp³-hybridized carbons (Fsp3) is 0.241. The molecule has 0 aliphatic carbocycles. The number of aromatic nitrogens is 4. The zero-order chi connectivity index (χ0) is 28.3. The largest absolute Gasteiger partial charge is 0.377 e. The van der Waals surface area contributed by atoms with Crippen LogP contribution in [-0.4, -0.2) is 40.0 Å². The molecule has 40 heavy (non-hydrogen) atoms. The van der Waals surface area contributed by atoms with Crippen molar-refractivity contribution >= 4 is 20.9 Å². The van der Waals surface area contributed by atoms with Crippen molar-refractivity contribution in [2.24, 2.45) is 7.05 Å². The van der Waals surface area contributed by atoms with Crippen LogP contribution in [0.1, 0.15) is 35.6 Å². The molecule has 1 saturated heterocycles. The Kier molecular flexibility index (Phi) is 6.23. The zero-order valence-electron chi connectivity index (χ0n) is 22.0. The second-order valence-electron chi connectivity index (χ2n) is 10.1. The highest BCUT2D eigenvalue weighted by Gasteiger charge is 2.30. The molecule has 0 spiro atoms. The van der Waals surface area contributed by atoms with Crippen LogP contribution in [0.2, 0.25) is 0 Å². The third-order valence-electron chi connectivity index (χ3n) is 7.49. The maximum atomic E-state index is 14.9. The standard InChI is InChI=1S/C29H26F2N4O4S/c1-17-7-9-21(10-8-17)40(37,38)35-26(19-12-32-34(13-19)20-15-39-16-20)11-23-24(14-33(3)29(36)28(23)35)18(2)22-5-4-6-25(30)27(22)31/h4-14,18,20H,15-16H2,1-3H3. The predicted octanol–water partition coefficient (Wildman–Crippen LogP) is 4.75. The molecule has 2 aromatic carbocycles. The van der Waals surface area contributed by atoms with E-state index in [1.54, 1.807) is 48.4 Å². The Hall–Kier alpha value is -4.09. The van der Waals surface area contributed by atoms with Gasteiger partial charge < -0.3 is 9.30 Å². The van der Waals surface area contributed by atoms with Gasteiger partial charge in [-0.25, -0.2) is 21.2 Å². The molecular formula is C29H26F2N4O4S. The van der Waals surface area contributed by atoms with Gasteiger partial charge in [-0.3, -0.25) is 9.48 Å². The summed E-state index contributed by atoms with van der Waals surface area (Å²) < 4.78 is 66.7. The van der Waals surface area contributed by atoms with Crippen molar-refractivity contribution in [1.29, 1.82) is 0 Å². The lowest BCUT2D eigenvalue weighted by Crippen LogP contribution is -2.30. The normalized spacial score (nSPS) is 14.9. The first-order valence-corrected chi connectivity index (χ1v) is 14.2. The minimum atomic E-state index is -4.27. The van der Waals surface area contributed by atoms with E-state index in [1.807, 2.05) is 6.92 Å². The second kappa shape index (κ2) is 9.53. The number of nitrogens with zero attached hydrogens (tertiary/aromatic N) is 4. The molecule has 8 nitrogen and oxygen atoms in total. The van der Waals surface area contributed by atoms with E-state index in [0.717, 1.165) is 15.6 Å². The molecule has 1 fully saturated rings. The summed E-state index contributed by atoms with van der Waals surface area (Å²) in [4.78, 5) is 13.6. The molecule has 0 saturated carbocycles. The van der Waals surface area contributed by atoms with Crippen molar-refractivity contribution in [2.45, 2.75) is 30.7 Å². The monoisotopic (exact) mass is 564 g/mol. The highest BCUT2D eigenvalue weighted by molar-refractivity contribution is 7.90. The molecule has 5 aromatic rings. The van der Waals surface area contributed by atoms with E-state index in [1.165, 1.54) is 35.9 Å². The quantitative estimate of drug-likeness (QED) is 0.297. The van der Waals surface area contributed by atoms with E-state index in [-0.39, 0.29) is 27.7 Å². The average molecular weight is 565 g/mol. The smallest absolute Gasteiger partial charge is 0.275 e. The molecule has 6 rings (SSSR count). The van der Waals surface area contributed by atoms with Crippen LogP contribution in [0.3, 0.4) is 0 Å². The molecular weight excluding hydrogens is 538 g/mol. The first kappa shape index (κ1) is 26.1. The van der Waals surface area contributed by atoms with Gasteiger partial charge in [0.2, 0.25) is 0 Å². The van der Waals surface area contributed by atoms with E-state index in [4.69, 9.17) is 4.74 Å². The van der Waals surface area contributed by atoms with Gasteiger partial charge in [-0.2, -0.15) is 5.10 Å². The topological polar surface area (TPSA) is 88.1 Å². The van der Waals surface area contributed by atoms with Crippen LogP contribution in [0.4, 0.5) is 8.78 Å². The van der Waals surface area contributed by atoms with E-state index in [2.05, 4.69) is 5.10 Å². The zero-order valence-corrected chi connectivity index (χ0v) is 22.8. The van der Waals surface area contributed by atoms with Gasteiger partial charge in [0.1, 0.15) is 5.52 Å². The Morgan fingerprint density at radius 3 is 2.45 bits per heavy atom. The summed E-state index contributed by atoms with van der Waals surface area (Å²) in [6, 6.07) is 11.9. The Labute approximate surface area is 229 Å². The van der Waals surface area contributed by atoms with E-state index in [9.17, 15) is 22.0 Å². The van der Waals surface area contributed by atoms with Crippen molar-refractivity contribution < 1.29 is 21.9 Å². The number of benzene rings is 2. The van der Waals surface area contributed by atoms with Gasteiger partial charge in [-0.05, 0) is 42.3 Å². The van der Waals surface area contributed by atoms with Crippen molar-refractivity contribution in [1.82, 2.24) is 18.3 Å². The number of fused-ring (bicyclic) bond motifs is 1. The summed E-state index contributed by atoms with van der Waals surface area (Å²) in [6.07, 6.45) is 4.82. The summed E-state index contributed by atoms with van der Waals surface area (Å²) in [5.41, 5.74) is 1.53. The van der Waals surface area contributed by atoms with Crippen LogP contribution in [0.15, 0.2) is 76.8 Å². The maximum absolute atomic E-state index is 14.9. The van der Waals surface area contributed by atoms with Gasteiger partial charge in [-0.1, -0.05) is 36.8 Å². The van der Waals surface area contributed by atoms with Gasteiger partial charge in [0, 0.05) is 36.3 Å². The fourth-order valence-electron chi connectivity index (χ4n) is 5.10. The molecule has 0 bridgehead atoms. The number of hydrogen-bond acceptors (Lipinski definition) is 5. The van der Waals surface area contributed by atoms with Gasteiger partial charge in [0.05, 0.1) is 36.0 Å². The molecule has 0 amide bonds. The van der Waals surface area contributed by atoms with Crippen LogP contribution in [0.5, 0.6) is 0 Å². The van der Waals surface area contributed by atoms with E-state index in [0.29, 0.717) is 29.7 Å². The van der Waals surface area contributed by atoms with Gasteiger partial charge >= 0.3 is 0 Å². The first-order valence-electron chi connectivity index (χ1n) is 12.7. The van der Waals surface area contributed by atoms with Crippen LogP contribution >= 0.6 is 0 Å². The molecule has 1 aliphatic rings. The minimum absolute atomic E-state index is 0.00770. The maximum Gasteiger partial charge on any atom is 0.275 e. The Morgan fingerprint density at radius 2 is 1.77 bits per heavy atom. The Balaban J connectivity index is 1.67. The summed E-state index contributed by atoms with van der Waals surface area (Å²) in [5.74, 6) is -2.68. The number of halogens is 2. The number of ether oxygens (including phenoxy) is 1. The molecule has 3 aromatic heterocycles. The average Bonchev–Trinajstić information content (AvgIpc) is 3.53. The molecule has 206 valence electrons. The van der Waals surface area contributed by atoms with Crippen LogP contribution < -0.4 is 5.56 Å². The van der Waals surface area contributed by atoms with Crippen LogP contribution in [-0.2, 0) is 21.8 Å². The summed E-state index contributed by atoms with van der Waals surface area (Å²) in [6.45, 7) is 4.53. The summed E-state index contributed by atoms with van der Waals surface area (Å²) in [7, 11) is -2.77. The minimum Gasteiger partial charge on any atom is -0.377 e. The lowest BCUT2D eigenvalue weighted by Gasteiger charge is -2.25. The van der Waals surface area contributed by atoms with E-state index >= 15 is 0 Å². The first-order chi connectivity index (χ1) is 19.1. The number of pyridine rings is 1. The number of rotatable bonds is 6. The highest BCUT2D eigenvalue weighted by atomic mass is 32.2. The molecule has 0 N–H and O–H groups in total. The Morgan fingerprint density at radius 1 is 1.05 bits per heavy atom. The Bertz CT molecular complexity index is 1940. The molecule has 4 heterocycles.